The van der Waals surface area contributed by atoms with Gasteiger partial charge in [-0.15, -0.1) is 0 Å². The first kappa shape index (κ1) is 14.8. The fourth-order valence-corrected chi connectivity index (χ4v) is 2.60. The van der Waals surface area contributed by atoms with Gasteiger partial charge in [0.25, 0.3) is 0 Å². The van der Waals surface area contributed by atoms with Crippen LogP contribution in [0.3, 0.4) is 0 Å². The first-order chi connectivity index (χ1) is 9.69. The van der Waals surface area contributed by atoms with Gasteiger partial charge in [-0.2, -0.15) is 0 Å². The van der Waals surface area contributed by atoms with E-state index in [0.29, 0.717) is 6.54 Å². The van der Waals surface area contributed by atoms with Crippen LogP contribution in [-0.2, 0) is 16.0 Å². The summed E-state index contributed by atoms with van der Waals surface area (Å²) in [4.78, 5) is 2.24. The molecule has 1 fully saturated rings. The summed E-state index contributed by atoms with van der Waals surface area (Å²) in [6.07, 6.45) is 0.159. The molecular weight excluding hydrogens is 258 g/mol. The predicted molar refractivity (Wildman–Crippen MR) is 75.8 cm³/mol. The number of nitrogens with two attached hydrogens (primary N) is 1. The van der Waals surface area contributed by atoms with E-state index < -0.39 is 0 Å². The summed E-state index contributed by atoms with van der Waals surface area (Å²) in [6, 6.07) is 7.65. The average Bonchev–Trinajstić information content (AvgIpc) is 2.89. The molecule has 0 bridgehead atoms. The maximum atomic E-state index is 8.84. The molecule has 6 nitrogen and oxygen atoms in total. The van der Waals surface area contributed by atoms with E-state index >= 15 is 0 Å². The van der Waals surface area contributed by atoms with Crippen molar-refractivity contribution < 1.29 is 14.7 Å². The highest BCUT2D eigenvalue weighted by atomic mass is 16.5. The lowest BCUT2D eigenvalue weighted by Gasteiger charge is -2.17. The van der Waals surface area contributed by atoms with Crippen LogP contribution in [0.1, 0.15) is 11.1 Å². The van der Waals surface area contributed by atoms with Crippen molar-refractivity contribution in [3.63, 3.8) is 0 Å². The molecular formula is C14H21N3O3. The highest BCUT2D eigenvalue weighted by Crippen LogP contribution is 2.20. The molecule has 0 saturated carbocycles. The first-order valence-corrected chi connectivity index (χ1v) is 6.53. The molecule has 0 spiro atoms. The minimum Gasteiger partial charge on any atom is -0.409 e. The Labute approximate surface area is 118 Å². The van der Waals surface area contributed by atoms with Crippen molar-refractivity contribution in [1.82, 2.24) is 4.90 Å². The summed E-state index contributed by atoms with van der Waals surface area (Å²) in [7, 11) is 3.40. The van der Waals surface area contributed by atoms with Gasteiger partial charge in [0.1, 0.15) is 0 Å². The molecule has 1 aromatic rings. The third kappa shape index (κ3) is 3.09. The maximum absolute atomic E-state index is 8.84. The van der Waals surface area contributed by atoms with E-state index in [2.05, 4.69) is 10.1 Å². The van der Waals surface area contributed by atoms with Crippen LogP contribution < -0.4 is 5.73 Å². The minimum absolute atomic E-state index is 0.0796. The highest BCUT2D eigenvalue weighted by molar-refractivity contribution is 5.98. The van der Waals surface area contributed by atoms with E-state index in [-0.39, 0.29) is 18.0 Å². The van der Waals surface area contributed by atoms with Gasteiger partial charge < -0.3 is 20.4 Å². The van der Waals surface area contributed by atoms with Gasteiger partial charge in [0.2, 0.25) is 0 Å². The number of amidine groups is 1. The number of hydrogen-bond acceptors (Lipinski definition) is 5. The second-order valence-corrected chi connectivity index (χ2v) is 4.88. The summed E-state index contributed by atoms with van der Waals surface area (Å²) in [6.45, 7) is 2.32. The van der Waals surface area contributed by atoms with Gasteiger partial charge in [-0.05, 0) is 5.56 Å². The van der Waals surface area contributed by atoms with Crippen LogP contribution in [0.4, 0.5) is 0 Å². The first-order valence-electron chi connectivity index (χ1n) is 6.53. The number of ether oxygens (including phenoxy) is 2. The molecule has 0 aliphatic carbocycles. The van der Waals surface area contributed by atoms with Crippen molar-refractivity contribution in [2.75, 3.05) is 27.3 Å². The molecule has 0 amide bonds. The lowest BCUT2D eigenvalue weighted by Crippen LogP contribution is -2.27. The fraction of sp³-hybridized carbons (Fsp3) is 0.500. The predicted octanol–water partition coefficient (Wildman–Crippen LogP) is 0.627. The molecule has 6 heteroatoms. The number of methoxy groups -OCH3 is 2. The van der Waals surface area contributed by atoms with Crippen LogP contribution in [0.25, 0.3) is 0 Å². The van der Waals surface area contributed by atoms with E-state index in [1.165, 1.54) is 0 Å². The Morgan fingerprint density at radius 2 is 1.90 bits per heavy atom. The third-order valence-corrected chi connectivity index (χ3v) is 3.69. The molecule has 1 aliphatic heterocycles. The zero-order valence-corrected chi connectivity index (χ0v) is 11.8. The van der Waals surface area contributed by atoms with Crippen molar-refractivity contribution in [2.45, 2.75) is 18.8 Å². The van der Waals surface area contributed by atoms with Gasteiger partial charge in [-0.3, -0.25) is 4.90 Å². The topological polar surface area (TPSA) is 80.3 Å². The zero-order chi connectivity index (χ0) is 14.5. The maximum Gasteiger partial charge on any atom is 0.170 e. The number of hydrogen-bond donors (Lipinski definition) is 2. The molecule has 2 atom stereocenters. The standard InChI is InChI=1S/C14H21N3O3/c1-19-12-8-17(9-13(12)20-2)7-10-5-3-4-6-11(10)14(15)16-18/h3-6,12-13,18H,7-9H2,1-2H3,(H2,15,16). The van der Waals surface area contributed by atoms with Crippen molar-refractivity contribution in [3.05, 3.63) is 35.4 Å². The molecule has 110 valence electrons. The van der Waals surface area contributed by atoms with Gasteiger partial charge in [-0.25, -0.2) is 0 Å². The Hall–Kier alpha value is -1.63. The van der Waals surface area contributed by atoms with Crippen molar-refractivity contribution in [3.8, 4) is 0 Å². The van der Waals surface area contributed by atoms with Gasteiger partial charge >= 0.3 is 0 Å². The second-order valence-electron chi connectivity index (χ2n) is 4.88. The monoisotopic (exact) mass is 279 g/mol. The highest BCUT2D eigenvalue weighted by Gasteiger charge is 2.33. The van der Waals surface area contributed by atoms with Gasteiger partial charge in [-0.1, -0.05) is 29.4 Å². The molecule has 1 saturated heterocycles. The van der Waals surface area contributed by atoms with Crippen molar-refractivity contribution in [2.24, 2.45) is 10.9 Å². The number of likely N-dealkylation sites (tertiary alicyclic amines) is 1. The summed E-state index contributed by atoms with van der Waals surface area (Å²) in [5.41, 5.74) is 7.49. The molecule has 1 aliphatic rings. The van der Waals surface area contributed by atoms with E-state index in [1.807, 2.05) is 24.3 Å². The summed E-state index contributed by atoms with van der Waals surface area (Å²) < 4.78 is 10.9. The summed E-state index contributed by atoms with van der Waals surface area (Å²) >= 11 is 0. The number of benzene rings is 1. The zero-order valence-electron chi connectivity index (χ0n) is 11.8. The van der Waals surface area contributed by atoms with Crippen LogP contribution in [0.5, 0.6) is 0 Å². The largest absolute Gasteiger partial charge is 0.409 e. The Balaban J connectivity index is 2.12. The SMILES string of the molecule is COC1CN(Cc2ccccc2/C(N)=N/O)CC1OC. The van der Waals surface area contributed by atoms with Crippen molar-refractivity contribution >= 4 is 5.84 Å². The molecule has 1 aromatic carbocycles. The minimum atomic E-state index is 0.0796. The third-order valence-electron chi connectivity index (χ3n) is 3.69. The number of nitrogens with zero attached hydrogens (tertiary/aromatic N) is 2. The second kappa shape index (κ2) is 6.69. The van der Waals surface area contributed by atoms with Crippen LogP contribution in [0, 0.1) is 0 Å². The van der Waals surface area contributed by atoms with Crippen molar-refractivity contribution in [1.29, 1.82) is 0 Å². The molecule has 2 unspecified atom stereocenters. The number of rotatable bonds is 5. The summed E-state index contributed by atoms with van der Waals surface area (Å²) in [5, 5.41) is 11.9. The Morgan fingerprint density at radius 1 is 1.30 bits per heavy atom. The van der Waals surface area contributed by atoms with Gasteiger partial charge in [0, 0.05) is 39.4 Å². The molecule has 2 rings (SSSR count). The molecule has 1 heterocycles. The Bertz CT molecular complexity index is 466. The molecule has 0 radical (unpaired) electrons. The van der Waals surface area contributed by atoms with E-state index in [4.69, 9.17) is 20.4 Å². The van der Waals surface area contributed by atoms with E-state index in [9.17, 15) is 0 Å². The lowest BCUT2D eigenvalue weighted by molar-refractivity contribution is -0.00461. The average molecular weight is 279 g/mol. The van der Waals surface area contributed by atoms with Crippen LogP contribution in [0.15, 0.2) is 29.4 Å². The summed E-state index contributed by atoms with van der Waals surface area (Å²) in [5.74, 6) is 0.131. The lowest BCUT2D eigenvalue weighted by atomic mass is 10.1. The number of oxime groups is 1. The van der Waals surface area contributed by atoms with Gasteiger partial charge in [0.15, 0.2) is 5.84 Å². The van der Waals surface area contributed by atoms with E-state index in [0.717, 1.165) is 24.2 Å². The van der Waals surface area contributed by atoms with Crippen LogP contribution in [-0.4, -0.2) is 55.5 Å². The van der Waals surface area contributed by atoms with Crippen LogP contribution in [0.2, 0.25) is 0 Å². The molecule has 3 N–H and O–H groups in total. The Kier molecular flexibility index (Phi) is 4.94. The van der Waals surface area contributed by atoms with E-state index in [1.54, 1.807) is 14.2 Å². The fourth-order valence-electron chi connectivity index (χ4n) is 2.60. The molecule has 20 heavy (non-hydrogen) atoms. The van der Waals surface area contributed by atoms with Crippen LogP contribution >= 0.6 is 0 Å². The molecule has 0 aromatic heterocycles. The van der Waals surface area contributed by atoms with Gasteiger partial charge in [0.05, 0.1) is 12.2 Å². The smallest absolute Gasteiger partial charge is 0.170 e. The normalized spacial score (nSPS) is 24.2. The Morgan fingerprint density at radius 3 is 2.45 bits per heavy atom. The quantitative estimate of drug-likeness (QED) is 0.357.